The van der Waals surface area contributed by atoms with E-state index in [1.54, 1.807) is 6.26 Å². The first-order valence-corrected chi connectivity index (χ1v) is 10.7. The van der Waals surface area contributed by atoms with E-state index < -0.39 is 66.2 Å². The van der Waals surface area contributed by atoms with Crippen LogP contribution in [-0.4, -0.2) is 82.0 Å². The fourth-order valence-electron chi connectivity index (χ4n) is 2.27. The van der Waals surface area contributed by atoms with Gasteiger partial charge in [0, 0.05) is 6.42 Å². The smallest absolute Gasteiger partial charge is 0.325 e. The van der Waals surface area contributed by atoms with Crippen LogP contribution in [0.15, 0.2) is 0 Å². The zero-order valence-electron chi connectivity index (χ0n) is 17.3. The number of hydrogen-bond acceptors (Lipinski definition) is 8. The van der Waals surface area contributed by atoms with Crippen LogP contribution in [0.1, 0.15) is 32.6 Å². The maximum Gasteiger partial charge on any atom is 0.325 e. The zero-order valence-corrected chi connectivity index (χ0v) is 18.1. The highest BCUT2D eigenvalue weighted by atomic mass is 32.2. The number of carboxylic acids is 2. The topological polar surface area (TPSA) is 231 Å². The predicted octanol–water partition coefficient (Wildman–Crippen LogP) is -2.63. The van der Waals surface area contributed by atoms with Gasteiger partial charge in [-0.15, -0.1) is 0 Å². The molecule has 0 aliphatic rings. The van der Waals surface area contributed by atoms with Gasteiger partial charge >= 0.3 is 11.9 Å². The van der Waals surface area contributed by atoms with Crippen molar-refractivity contribution in [2.75, 3.05) is 12.0 Å². The first-order valence-electron chi connectivity index (χ1n) is 9.27. The Kier molecular flexibility index (Phi) is 12.9. The van der Waals surface area contributed by atoms with Crippen molar-refractivity contribution in [3.05, 3.63) is 0 Å². The van der Waals surface area contributed by atoms with Crippen molar-refractivity contribution in [3.8, 4) is 0 Å². The van der Waals surface area contributed by atoms with Crippen LogP contribution in [0.25, 0.3) is 0 Å². The molecular formula is C17H29N5O8S. The molecule has 0 aromatic carbocycles. The van der Waals surface area contributed by atoms with Crippen LogP contribution in [0.3, 0.4) is 0 Å². The van der Waals surface area contributed by atoms with Gasteiger partial charge in [-0.1, -0.05) is 0 Å². The highest BCUT2D eigenvalue weighted by Gasteiger charge is 2.29. The van der Waals surface area contributed by atoms with Gasteiger partial charge in [-0.3, -0.25) is 28.8 Å². The zero-order chi connectivity index (χ0) is 24.1. The maximum absolute atomic E-state index is 12.7. The molecule has 9 N–H and O–H groups in total. The summed E-state index contributed by atoms with van der Waals surface area (Å²) >= 11 is 1.39. The van der Waals surface area contributed by atoms with E-state index in [0.29, 0.717) is 5.75 Å². The lowest BCUT2D eigenvalue weighted by Crippen LogP contribution is -2.57. The number of rotatable bonds is 15. The minimum atomic E-state index is -1.44. The molecule has 14 heteroatoms. The van der Waals surface area contributed by atoms with Crippen LogP contribution in [0.2, 0.25) is 0 Å². The summed E-state index contributed by atoms with van der Waals surface area (Å²) in [7, 11) is 0. The van der Waals surface area contributed by atoms with E-state index in [1.165, 1.54) is 18.7 Å². The van der Waals surface area contributed by atoms with Crippen LogP contribution in [0.4, 0.5) is 0 Å². The molecule has 0 radical (unpaired) electrons. The lowest BCUT2D eigenvalue weighted by atomic mass is 10.1. The van der Waals surface area contributed by atoms with E-state index in [0.717, 1.165) is 0 Å². The van der Waals surface area contributed by atoms with E-state index in [1.807, 2.05) is 0 Å². The number of carboxylic acid groups (broad SMARTS) is 2. The molecule has 0 bridgehead atoms. The Morgan fingerprint density at radius 1 is 0.903 bits per heavy atom. The molecular weight excluding hydrogens is 434 g/mol. The molecule has 4 unspecified atom stereocenters. The van der Waals surface area contributed by atoms with Gasteiger partial charge in [0.1, 0.15) is 18.1 Å². The van der Waals surface area contributed by atoms with Gasteiger partial charge in [0.05, 0.1) is 12.5 Å². The lowest BCUT2D eigenvalue weighted by molar-refractivity contribution is -0.141. The average Bonchev–Trinajstić information content (AvgIpc) is 2.66. The molecule has 0 aromatic rings. The van der Waals surface area contributed by atoms with Crippen LogP contribution in [0, 0.1) is 0 Å². The Balaban J connectivity index is 5.37. The molecule has 0 aliphatic carbocycles. The minimum Gasteiger partial charge on any atom is -0.481 e. The first-order chi connectivity index (χ1) is 14.4. The van der Waals surface area contributed by atoms with E-state index in [-0.39, 0.29) is 19.3 Å². The highest BCUT2D eigenvalue weighted by Crippen LogP contribution is 2.05. The summed E-state index contributed by atoms with van der Waals surface area (Å²) in [6.07, 6.45) is 0.775. The quantitative estimate of drug-likeness (QED) is 0.133. The number of hydrogen-bond donors (Lipinski definition) is 7. The number of thioether (sulfide) groups is 1. The van der Waals surface area contributed by atoms with Crippen LogP contribution in [-0.2, 0) is 28.8 Å². The Morgan fingerprint density at radius 3 is 1.90 bits per heavy atom. The van der Waals surface area contributed by atoms with Crippen molar-refractivity contribution in [1.29, 1.82) is 0 Å². The van der Waals surface area contributed by atoms with Crippen LogP contribution >= 0.6 is 11.8 Å². The summed E-state index contributed by atoms with van der Waals surface area (Å²) in [5, 5.41) is 24.6. The Hall–Kier alpha value is -2.87. The summed E-state index contributed by atoms with van der Waals surface area (Å²) in [5.74, 6) is -5.36. The van der Waals surface area contributed by atoms with Crippen molar-refractivity contribution in [2.45, 2.75) is 56.8 Å². The minimum absolute atomic E-state index is 0.167. The molecule has 4 amide bonds. The third-order valence-corrected chi connectivity index (χ3v) is 4.66. The second kappa shape index (κ2) is 14.2. The fraction of sp³-hybridized carbons (Fsp3) is 0.647. The molecule has 176 valence electrons. The van der Waals surface area contributed by atoms with Gasteiger partial charge in [-0.25, -0.2) is 0 Å². The Morgan fingerprint density at radius 2 is 1.42 bits per heavy atom. The summed E-state index contributed by atoms with van der Waals surface area (Å²) in [4.78, 5) is 70.0. The first kappa shape index (κ1) is 28.1. The molecule has 0 spiro atoms. The van der Waals surface area contributed by atoms with Crippen molar-refractivity contribution < 1.29 is 39.0 Å². The molecule has 0 aliphatic heterocycles. The summed E-state index contributed by atoms with van der Waals surface area (Å²) in [5.41, 5.74) is 10.6. The van der Waals surface area contributed by atoms with E-state index in [4.69, 9.17) is 21.7 Å². The van der Waals surface area contributed by atoms with Gasteiger partial charge < -0.3 is 37.6 Å². The van der Waals surface area contributed by atoms with E-state index in [2.05, 4.69) is 16.0 Å². The van der Waals surface area contributed by atoms with Crippen LogP contribution < -0.4 is 27.4 Å². The van der Waals surface area contributed by atoms with Crippen LogP contribution in [0.5, 0.6) is 0 Å². The Labute approximate surface area is 183 Å². The second-order valence-electron chi connectivity index (χ2n) is 6.68. The lowest BCUT2D eigenvalue weighted by Gasteiger charge is -2.24. The molecule has 13 nitrogen and oxygen atoms in total. The molecule has 0 aromatic heterocycles. The summed E-state index contributed by atoms with van der Waals surface area (Å²) < 4.78 is 0. The maximum atomic E-state index is 12.7. The molecule has 0 heterocycles. The number of amides is 4. The third-order valence-electron chi connectivity index (χ3n) is 4.02. The highest BCUT2D eigenvalue weighted by molar-refractivity contribution is 7.98. The fourth-order valence-corrected chi connectivity index (χ4v) is 2.74. The standard InChI is InChI=1S/C17H29N5O8S/c1-8(17(29)30)20-15(27)11(5-6-31-2)22-16(28)10(3-4-12(19)23)21-14(26)9(18)7-13(24)25/h8-11H,3-7,18H2,1-2H3,(H2,19,23)(H,20,27)(H,21,26)(H,22,28)(H,24,25)(H,29,30). The number of nitrogens with one attached hydrogen (secondary N) is 3. The molecule has 31 heavy (non-hydrogen) atoms. The van der Waals surface area contributed by atoms with Gasteiger partial charge in [0.15, 0.2) is 0 Å². The third kappa shape index (κ3) is 11.8. The van der Waals surface area contributed by atoms with E-state index >= 15 is 0 Å². The second-order valence-corrected chi connectivity index (χ2v) is 7.67. The largest absolute Gasteiger partial charge is 0.481 e. The summed E-state index contributed by atoms with van der Waals surface area (Å²) in [6, 6.07) is -5.06. The predicted molar refractivity (Wildman–Crippen MR) is 111 cm³/mol. The number of carbonyl (C=O) groups excluding carboxylic acids is 4. The number of aliphatic carboxylic acids is 2. The number of carbonyl (C=O) groups is 6. The molecule has 0 saturated heterocycles. The van der Waals surface area contributed by atoms with Crippen molar-refractivity contribution >= 4 is 47.3 Å². The number of nitrogens with two attached hydrogens (primary N) is 2. The molecule has 0 saturated carbocycles. The van der Waals surface area contributed by atoms with Crippen molar-refractivity contribution in [3.63, 3.8) is 0 Å². The van der Waals surface area contributed by atoms with Gasteiger partial charge in [-0.2, -0.15) is 11.8 Å². The normalized spacial score (nSPS) is 14.4. The Bertz CT molecular complexity index is 689. The molecule has 0 fully saturated rings. The average molecular weight is 464 g/mol. The molecule has 4 atom stereocenters. The number of primary amides is 1. The van der Waals surface area contributed by atoms with Crippen molar-refractivity contribution in [1.82, 2.24) is 16.0 Å². The van der Waals surface area contributed by atoms with Gasteiger partial charge in [0.2, 0.25) is 23.6 Å². The van der Waals surface area contributed by atoms with Gasteiger partial charge in [-0.05, 0) is 31.8 Å². The summed E-state index contributed by atoms with van der Waals surface area (Å²) in [6.45, 7) is 1.26. The van der Waals surface area contributed by atoms with Gasteiger partial charge in [0.25, 0.3) is 0 Å². The van der Waals surface area contributed by atoms with E-state index in [9.17, 15) is 28.8 Å². The molecule has 0 rings (SSSR count). The monoisotopic (exact) mass is 463 g/mol. The van der Waals surface area contributed by atoms with Crippen molar-refractivity contribution in [2.24, 2.45) is 11.5 Å². The SMILES string of the molecule is CSCCC(NC(=O)C(CCC(N)=O)NC(=O)C(N)CC(=O)O)C(=O)NC(C)C(=O)O.